The number of amides is 1. The van der Waals surface area contributed by atoms with E-state index < -0.39 is 0 Å². The molecule has 0 bridgehead atoms. The normalized spacial score (nSPS) is 18.5. The number of benzene rings is 2. The van der Waals surface area contributed by atoms with Gasteiger partial charge in [0.15, 0.2) is 6.61 Å². The van der Waals surface area contributed by atoms with Crippen LogP contribution in [0.15, 0.2) is 54.6 Å². The third-order valence-corrected chi connectivity index (χ3v) is 6.95. The number of carbonyl (C=O) groups excluding carboxylic acids is 2. The zero-order valence-electron chi connectivity index (χ0n) is 21.1. The van der Waals surface area contributed by atoms with Gasteiger partial charge in [0.25, 0.3) is 0 Å². The summed E-state index contributed by atoms with van der Waals surface area (Å²) in [5, 5.41) is 3.42. The lowest BCUT2D eigenvalue weighted by molar-refractivity contribution is -0.145. The van der Waals surface area contributed by atoms with Gasteiger partial charge in [0.05, 0.1) is 6.61 Å². The Balaban J connectivity index is 0.00000361. The quantitative estimate of drug-likeness (QED) is 0.486. The standard InChI is InChI=1S/C28H37N3O4.ClH/c1-2-34-27(32)21-35-25-10-8-24(9-11-25)31-19-18-30(17-14-22-12-15-29-16-13-22)28(33)26(31)20-23-6-4-3-5-7-23;/h3-11,22,26,29H,2,12-21H2,1H3;1H/t26-;/m1./s1. The lowest BCUT2D eigenvalue weighted by Crippen LogP contribution is -2.58. The summed E-state index contributed by atoms with van der Waals surface area (Å²) in [6.07, 6.45) is 4.15. The maximum atomic E-state index is 13.7. The number of halogens is 1. The number of nitrogens with one attached hydrogen (secondary N) is 1. The van der Waals surface area contributed by atoms with E-state index in [4.69, 9.17) is 9.47 Å². The molecule has 2 aliphatic rings. The average molecular weight is 516 g/mol. The predicted molar refractivity (Wildman–Crippen MR) is 144 cm³/mol. The summed E-state index contributed by atoms with van der Waals surface area (Å²) >= 11 is 0. The van der Waals surface area contributed by atoms with E-state index in [0.29, 0.717) is 24.7 Å². The summed E-state index contributed by atoms with van der Waals surface area (Å²) in [5.74, 6) is 1.13. The van der Waals surface area contributed by atoms with Crippen molar-refractivity contribution in [2.75, 3.05) is 50.8 Å². The summed E-state index contributed by atoms with van der Waals surface area (Å²) in [6.45, 7) is 6.52. The molecule has 2 aromatic rings. The molecule has 0 radical (unpaired) electrons. The molecular formula is C28H38ClN3O4. The van der Waals surface area contributed by atoms with E-state index >= 15 is 0 Å². The molecule has 196 valence electrons. The Hall–Kier alpha value is -2.77. The molecule has 0 spiro atoms. The second-order valence-corrected chi connectivity index (χ2v) is 9.29. The van der Waals surface area contributed by atoms with Crippen LogP contribution >= 0.6 is 12.4 Å². The Bertz CT molecular complexity index is 951. The first kappa shape index (κ1) is 27.8. The van der Waals surface area contributed by atoms with Gasteiger partial charge in [-0.15, -0.1) is 12.4 Å². The molecule has 2 aliphatic heterocycles. The van der Waals surface area contributed by atoms with Crippen molar-refractivity contribution in [3.8, 4) is 5.75 Å². The van der Waals surface area contributed by atoms with Crippen molar-refractivity contribution >= 4 is 30.0 Å². The molecule has 1 N–H and O–H groups in total. The molecule has 7 nitrogen and oxygen atoms in total. The number of esters is 1. The summed E-state index contributed by atoms with van der Waals surface area (Å²) in [7, 11) is 0. The predicted octanol–water partition coefficient (Wildman–Crippen LogP) is 3.70. The van der Waals surface area contributed by atoms with Gasteiger partial charge in [0.2, 0.25) is 5.91 Å². The van der Waals surface area contributed by atoms with Gasteiger partial charge in [-0.1, -0.05) is 30.3 Å². The number of carbonyl (C=O) groups is 2. The molecule has 2 fully saturated rings. The summed E-state index contributed by atoms with van der Waals surface area (Å²) in [4.78, 5) is 29.5. The minimum Gasteiger partial charge on any atom is -0.482 e. The highest BCUT2D eigenvalue weighted by atomic mass is 35.5. The minimum absolute atomic E-state index is 0. The fourth-order valence-corrected chi connectivity index (χ4v) is 4.99. The van der Waals surface area contributed by atoms with Gasteiger partial charge in [-0.25, -0.2) is 4.79 Å². The summed E-state index contributed by atoms with van der Waals surface area (Å²) in [6, 6.07) is 17.6. The Kier molecular flexibility index (Phi) is 10.9. The largest absolute Gasteiger partial charge is 0.482 e. The zero-order valence-corrected chi connectivity index (χ0v) is 21.9. The Labute approximate surface area is 220 Å². The molecule has 4 rings (SSSR count). The molecule has 2 heterocycles. The summed E-state index contributed by atoms with van der Waals surface area (Å²) in [5.41, 5.74) is 2.14. The third kappa shape index (κ3) is 7.61. The van der Waals surface area contributed by atoms with Gasteiger partial charge in [0, 0.05) is 31.7 Å². The van der Waals surface area contributed by atoms with Crippen LogP contribution in [0.1, 0.15) is 31.7 Å². The first-order valence-electron chi connectivity index (χ1n) is 12.8. The number of nitrogens with zero attached hydrogens (tertiary/aromatic N) is 2. The lowest BCUT2D eigenvalue weighted by Gasteiger charge is -2.42. The Morgan fingerprint density at radius 1 is 1.03 bits per heavy atom. The van der Waals surface area contributed by atoms with Crippen LogP contribution in [0.5, 0.6) is 5.75 Å². The van der Waals surface area contributed by atoms with Gasteiger partial charge >= 0.3 is 5.97 Å². The molecular weight excluding hydrogens is 478 g/mol. The topological polar surface area (TPSA) is 71.1 Å². The van der Waals surface area contributed by atoms with Crippen molar-refractivity contribution in [2.24, 2.45) is 5.92 Å². The minimum atomic E-state index is -0.384. The maximum Gasteiger partial charge on any atom is 0.344 e. The number of ether oxygens (including phenoxy) is 2. The molecule has 1 amide bonds. The summed E-state index contributed by atoms with van der Waals surface area (Å²) < 4.78 is 10.5. The van der Waals surface area contributed by atoms with Crippen LogP contribution in [-0.4, -0.2) is 68.8 Å². The van der Waals surface area contributed by atoms with Crippen LogP contribution in [-0.2, 0) is 20.7 Å². The lowest BCUT2D eigenvalue weighted by atomic mass is 9.94. The monoisotopic (exact) mass is 515 g/mol. The highest BCUT2D eigenvalue weighted by molar-refractivity contribution is 5.87. The van der Waals surface area contributed by atoms with E-state index in [1.807, 2.05) is 42.5 Å². The van der Waals surface area contributed by atoms with Crippen LogP contribution in [0, 0.1) is 5.92 Å². The van der Waals surface area contributed by atoms with Crippen molar-refractivity contribution in [1.29, 1.82) is 0 Å². The molecule has 0 aromatic heterocycles. The fraction of sp³-hybridized carbons (Fsp3) is 0.500. The number of anilines is 1. The fourth-order valence-electron chi connectivity index (χ4n) is 4.99. The molecule has 0 aliphatic carbocycles. The van der Waals surface area contributed by atoms with Crippen LogP contribution in [0.25, 0.3) is 0 Å². The Morgan fingerprint density at radius 2 is 1.75 bits per heavy atom. The van der Waals surface area contributed by atoms with Crippen molar-refractivity contribution in [3.05, 3.63) is 60.2 Å². The Morgan fingerprint density at radius 3 is 2.44 bits per heavy atom. The zero-order chi connectivity index (χ0) is 24.5. The average Bonchev–Trinajstić information content (AvgIpc) is 2.90. The van der Waals surface area contributed by atoms with E-state index in [1.165, 1.54) is 12.8 Å². The number of piperidine rings is 1. The van der Waals surface area contributed by atoms with E-state index in [1.54, 1.807) is 6.92 Å². The maximum absolute atomic E-state index is 13.7. The third-order valence-electron chi connectivity index (χ3n) is 6.95. The van der Waals surface area contributed by atoms with Crippen molar-refractivity contribution < 1.29 is 19.1 Å². The number of piperazine rings is 1. The van der Waals surface area contributed by atoms with E-state index in [0.717, 1.165) is 50.4 Å². The first-order valence-corrected chi connectivity index (χ1v) is 12.8. The van der Waals surface area contributed by atoms with Crippen molar-refractivity contribution in [3.63, 3.8) is 0 Å². The number of rotatable bonds is 10. The highest BCUT2D eigenvalue weighted by Crippen LogP contribution is 2.27. The molecule has 2 aromatic carbocycles. The molecule has 2 saturated heterocycles. The van der Waals surface area contributed by atoms with Crippen molar-refractivity contribution in [2.45, 2.75) is 38.6 Å². The second kappa shape index (κ2) is 14.1. The van der Waals surface area contributed by atoms with E-state index in [-0.39, 0.29) is 36.9 Å². The first-order chi connectivity index (χ1) is 17.1. The van der Waals surface area contributed by atoms with Gasteiger partial charge in [-0.2, -0.15) is 0 Å². The van der Waals surface area contributed by atoms with Gasteiger partial charge in [0.1, 0.15) is 11.8 Å². The van der Waals surface area contributed by atoms with Crippen LogP contribution in [0.4, 0.5) is 5.69 Å². The highest BCUT2D eigenvalue weighted by Gasteiger charge is 2.35. The number of hydrogen-bond donors (Lipinski definition) is 1. The van der Waals surface area contributed by atoms with E-state index in [2.05, 4.69) is 27.2 Å². The second-order valence-electron chi connectivity index (χ2n) is 9.29. The SMILES string of the molecule is CCOC(=O)COc1ccc(N2CCN(CCC3CCNCC3)C(=O)[C@H]2Cc2ccccc2)cc1.Cl. The van der Waals surface area contributed by atoms with Crippen LogP contribution < -0.4 is 15.0 Å². The van der Waals surface area contributed by atoms with Gasteiger partial charge in [-0.3, -0.25) is 4.79 Å². The van der Waals surface area contributed by atoms with Crippen LogP contribution in [0.3, 0.4) is 0 Å². The molecule has 1 atom stereocenters. The molecule has 0 saturated carbocycles. The van der Waals surface area contributed by atoms with E-state index in [9.17, 15) is 9.59 Å². The van der Waals surface area contributed by atoms with Crippen molar-refractivity contribution in [1.82, 2.24) is 10.2 Å². The van der Waals surface area contributed by atoms with Gasteiger partial charge < -0.3 is 24.6 Å². The van der Waals surface area contributed by atoms with Crippen LogP contribution in [0.2, 0.25) is 0 Å². The number of hydrogen-bond acceptors (Lipinski definition) is 6. The molecule has 0 unspecified atom stereocenters. The molecule has 36 heavy (non-hydrogen) atoms. The molecule has 8 heteroatoms. The smallest absolute Gasteiger partial charge is 0.344 e. The van der Waals surface area contributed by atoms with Gasteiger partial charge in [-0.05, 0) is 75.0 Å².